The van der Waals surface area contributed by atoms with E-state index >= 15 is 0 Å². The standard InChI is InChI=1S/C17H22N4O2/c22-11-12(9-13-5-3-4-8-18-13)10-19-17(23)16-14-6-1-2-7-15(14)20-21-16/h3-5,8,12,22H,1-2,6-7,9-11H2,(H,19,23)(H,20,21). The molecule has 6 nitrogen and oxygen atoms in total. The predicted octanol–water partition coefficient (Wildman–Crippen LogP) is 1.26. The fraction of sp³-hybridized carbons (Fsp3) is 0.471. The number of hydrogen-bond acceptors (Lipinski definition) is 4. The number of nitrogens with zero attached hydrogens (tertiary/aromatic N) is 2. The quantitative estimate of drug-likeness (QED) is 0.749. The first-order valence-electron chi connectivity index (χ1n) is 8.13. The second kappa shape index (κ2) is 7.37. The van der Waals surface area contributed by atoms with E-state index in [2.05, 4.69) is 20.5 Å². The molecule has 0 aliphatic heterocycles. The molecule has 122 valence electrons. The number of aromatic amines is 1. The van der Waals surface area contributed by atoms with Gasteiger partial charge in [-0.2, -0.15) is 5.10 Å². The van der Waals surface area contributed by atoms with Crippen LogP contribution in [0.4, 0.5) is 0 Å². The molecule has 0 saturated carbocycles. The van der Waals surface area contributed by atoms with E-state index in [4.69, 9.17) is 0 Å². The number of aryl methyl sites for hydroxylation is 1. The van der Waals surface area contributed by atoms with Crippen molar-refractivity contribution >= 4 is 5.91 Å². The number of aliphatic hydroxyl groups is 1. The molecule has 3 N–H and O–H groups in total. The van der Waals surface area contributed by atoms with E-state index in [0.29, 0.717) is 18.7 Å². The predicted molar refractivity (Wildman–Crippen MR) is 86.1 cm³/mol. The van der Waals surface area contributed by atoms with Gasteiger partial charge in [0.25, 0.3) is 5.91 Å². The van der Waals surface area contributed by atoms with Crippen LogP contribution in [0.5, 0.6) is 0 Å². The third-order valence-corrected chi connectivity index (χ3v) is 4.30. The number of rotatable bonds is 6. The van der Waals surface area contributed by atoms with Crippen LogP contribution in [0, 0.1) is 5.92 Å². The van der Waals surface area contributed by atoms with Crippen LogP contribution in [-0.2, 0) is 19.3 Å². The molecule has 3 rings (SSSR count). The number of carbonyl (C=O) groups excluding carboxylic acids is 1. The smallest absolute Gasteiger partial charge is 0.272 e. The summed E-state index contributed by atoms with van der Waals surface area (Å²) in [5.41, 5.74) is 3.57. The van der Waals surface area contributed by atoms with Crippen molar-refractivity contribution in [2.75, 3.05) is 13.2 Å². The number of amides is 1. The number of hydrogen-bond donors (Lipinski definition) is 3. The third kappa shape index (κ3) is 3.76. The lowest BCUT2D eigenvalue weighted by atomic mass is 9.95. The summed E-state index contributed by atoms with van der Waals surface area (Å²) in [5.74, 6) is -0.215. The summed E-state index contributed by atoms with van der Waals surface area (Å²) < 4.78 is 0. The van der Waals surface area contributed by atoms with Crippen LogP contribution in [0.1, 0.15) is 40.3 Å². The van der Waals surface area contributed by atoms with Crippen molar-refractivity contribution in [1.29, 1.82) is 0 Å². The average molecular weight is 314 g/mol. The Morgan fingerprint density at radius 3 is 3.00 bits per heavy atom. The molecular formula is C17H22N4O2. The molecule has 0 spiro atoms. The van der Waals surface area contributed by atoms with Crippen LogP contribution in [0.15, 0.2) is 24.4 Å². The van der Waals surface area contributed by atoms with Gasteiger partial charge in [0.1, 0.15) is 0 Å². The molecule has 1 atom stereocenters. The molecule has 0 bridgehead atoms. The summed E-state index contributed by atoms with van der Waals surface area (Å²) in [7, 11) is 0. The molecule has 0 radical (unpaired) electrons. The molecule has 6 heteroatoms. The summed E-state index contributed by atoms with van der Waals surface area (Å²) in [5, 5.41) is 19.6. The zero-order valence-corrected chi connectivity index (χ0v) is 13.1. The minimum absolute atomic E-state index is 0.00945. The van der Waals surface area contributed by atoms with Crippen molar-refractivity contribution in [3.63, 3.8) is 0 Å². The van der Waals surface area contributed by atoms with Gasteiger partial charge in [-0.1, -0.05) is 6.07 Å². The number of aliphatic hydroxyl groups excluding tert-OH is 1. The number of aromatic nitrogens is 3. The van der Waals surface area contributed by atoms with Crippen LogP contribution >= 0.6 is 0 Å². The maximum Gasteiger partial charge on any atom is 0.272 e. The van der Waals surface area contributed by atoms with E-state index in [0.717, 1.165) is 42.6 Å². The summed E-state index contributed by atoms with van der Waals surface area (Å²) in [4.78, 5) is 16.6. The minimum atomic E-state index is -0.163. The molecule has 2 aromatic rings. The zero-order valence-electron chi connectivity index (χ0n) is 13.1. The first-order valence-corrected chi connectivity index (χ1v) is 8.13. The Bertz CT molecular complexity index is 654. The SMILES string of the molecule is O=C(NCC(CO)Cc1ccccn1)c1n[nH]c2c1CCCC2. The third-order valence-electron chi connectivity index (χ3n) is 4.30. The van der Waals surface area contributed by atoms with Gasteiger partial charge in [0.15, 0.2) is 5.69 Å². The van der Waals surface area contributed by atoms with Crippen molar-refractivity contribution < 1.29 is 9.90 Å². The van der Waals surface area contributed by atoms with Gasteiger partial charge in [-0.15, -0.1) is 0 Å². The average Bonchev–Trinajstić information content (AvgIpc) is 3.03. The van der Waals surface area contributed by atoms with Crippen molar-refractivity contribution in [3.05, 3.63) is 47.0 Å². The Kier molecular flexibility index (Phi) is 5.02. The number of carbonyl (C=O) groups is 1. The second-order valence-corrected chi connectivity index (χ2v) is 6.02. The second-order valence-electron chi connectivity index (χ2n) is 6.02. The van der Waals surface area contributed by atoms with Crippen molar-refractivity contribution in [2.45, 2.75) is 32.1 Å². The number of pyridine rings is 1. The first kappa shape index (κ1) is 15.7. The summed E-state index contributed by atoms with van der Waals surface area (Å²) >= 11 is 0. The summed E-state index contributed by atoms with van der Waals surface area (Å²) in [6, 6.07) is 5.71. The molecule has 1 unspecified atom stereocenters. The number of fused-ring (bicyclic) bond motifs is 1. The normalized spacial score (nSPS) is 15.0. The van der Waals surface area contributed by atoms with E-state index in [1.807, 2.05) is 18.2 Å². The molecule has 1 amide bonds. The molecule has 0 fully saturated rings. The van der Waals surface area contributed by atoms with Crippen molar-refractivity contribution in [2.24, 2.45) is 5.92 Å². The molecular weight excluding hydrogens is 292 g/mol. The van der Waals surface area contributed by atoms with Crippen LogP contribution < -0.4 is 5.32 Å². The first-order chi connectivity index (χ1) is 11.3. The lowest BCUT2D eigenvalue weighted by Crippen LogP contribution is -2.32. The monoisotopic (exact) mass is 314 g/mol. The fourth-order valence-electron chi connectivity index (χ4n) is 3.01. The zero-order chi connectivity index (χ0) is 16.1. The molecule has 2 aromatic heterocycles. The van der Waals surface area contributed by atoms with Gasteiger partial charge in [-0.3, -0.25) is 14.9 Å². The maximum absolute atomic E-state index is 12.4. The Morgan fingerprint density at radius 2 is 2.22 bits per heavy atom. The Balaban J connectivity index is 1.58. The summed E-state index contributed by atoms with van der Waals surface area (Å²) in [6.45, 7) is 0.420. The highest BCUT2D eigenvalue weighted by molar-refractivity contribution is 5.94. The van der Waals surface area contributed by atoms with Gasteiger partial charge in [0.05, 0.1) is 0 Å². The van der Waals surface area contributed by atoms with Gasteiger partial charge in [-0.05, 0) is 44.2 Å². The van der Waals surface area contributed by atoms with E-state index in [9.17, 15) is 9.90 Å². The van der Waals surface area contributed by atoms with E-state index in [1.54, 1.807) is 6.20 Å². The highest BCUT2D eigenvalue weighted by Crippen LogP contribution is 2.22. The maximum atomic E-state index is 12.4. The van der Waals surface area contributed by atoms with Crippen molar-refractivity contribution in [1.82, 2.24) is 20.5 Å². The molecule has 0 saturated heterocycles. The van der Waals surface area contributed by atoms with Crippen molar-refractivity contribution in [3.8, 4) is 0 Å². The van der Waals surface area contributed by atoms with Crippen LogP contribution in [0.2, 0.25) is 0 Å². The van der Waals surface area contributed by atoms with Gasteiger partial charge in [0, 0.05) is 42.2 Å². The topological polar surface area (TPSA) is 90.9 Å². The molecule has 2 heterocycles. The van der Waals surface area contributed by atoms with Crippen LogP contribution in [0.25, 0.3) is 0 Å². The molecule has 1 aliphatic rings. The van der Waals surface area contributed by atoms with Gasteiger partial charge >= 0.3 is 0 Å². The van der Waals surface area contributed by atoms with E-state index in [1.165, 1.54) is 0 Å². The lowest BCUT2D eigenvalue weighted by molar-refractivity contribution is 0.0933. The van der Waals surface area contributed by atoms with Crippen LogP contribution in [0.3, 0.4) is 0 Å². The minimum Gasteiger partial charge on any atom is -0.396 e. The highest BCUT2D eigenvalue weighted by atomic mass is 16.3. The van der Waals surface area contributed by atoms with Crippen LogP contribution in [-0.4, -0.2) is 39.3 Å². The van der Waals surface area contributed by atoms with Gasteiger partial charge in [0.2, 0.25) is 0 Å². The van der Waals surface area contributed by atoms with E-state index in [-0.39, 0.29) is 18.4 Å². The summed E-state index contributed by atoms with van der Waals surface area (Å²) in [6.07, 6.45) is 6.49. The molecule has 0 aromatic carbocycles. The Labute approximate surface area is 135 Å². The highest BCUT2D eigenvalue weighted by Gasteiger charge is 2.22. The fourth-order valence-corrected chi connectivity index (χ4v) is 3.01. The lowest BCUT2D eigenvalue weighted by Gasteiger charge is -2.15. The Morgan fingerprint density at radius 1 is 1.35 bits per heavy atom. The number of nitrogens with one attached hydrogen (secondary N) is 2. The van der Waals surface area contributed by atoms with E-state index < -0.39 is 0 Å². The molecule has 23 heavy (non-hydrogen) atoms. The Hall–Kier alpha value is -2.21. The van der Waals surface area contributed by atoms with Gasteiger partial charge in [-0.25, -0.2) is 0 Å². The largest absolute Gasteiger partial charge is 0.396 e. The number of H-pyrrole nitrogens is 1. The van der Waals surface area contributed by atoms with Gasteiger partial charge < -0.3 is 10.4 Å². The molecule has 1 aliphatic carbocycles.